The number of carbonyl (C=O) groups excluding carboxylic acids is 2. The second kappa shape index (κ2) is 6.11. The standard InChI is InChI=1S/C15H19FN2O3/c1-9-6-11(17)7-12(13(9)16)14(19)18-5-3-4-10(8-18)15(20)21-2/h6-7,10H,3-5,8,17H2,1-2H3. The first-order valence-corrected chi connectivity index (χ1v) is 6.86. The number of benzene rings is 1. The number of rotatable bonds is 2. The molecule has 2 N–H and O–H groups in total. The number of methoxy groups -OCH3 is 1. The van der Waals surface area contributed by atoms with Gasteiger partial charge in [-0.05, 0) is 37.5 Å². The Bertz CT molecular complexity index is 574. The van der Waals surface area contributed by atoms with Crippen LogP contribution in [0.15, 0.2) is 12.1 Å². The molecule has 5 nitrogen and oxygen atoms in total. The summed E-state index contributed by atoms with van der Waals surface area (Å²) >= 11 is 0. The lowest BCUT2D eigenvalue weighted by molar-refractivity contribution is -0.146. The van der Waals surface area contributed by atoms with Crippen LogP contribution in [-0.4, -0.2) is 37.0 Å². The van der Waals surface area contributed by atoms with Crippen molar-refractivity contribution in [2.75, 3.05) is 25.9 Å². The number of halogens is 1. The summed E-state index contributed by atoms with van der Waals surface area (Å²) in [5, 5.41) is 0. The zero-order valence-electron chi connectivity index (χ0n) is 12.2. The number of anilines is 1. The van der Waals surface area contributed by atoms with Crippen molar-refractivity contribution >= 4 is 17.6 Å². The topological polar surface area (TPSA) is 72.6 Å². The van der Waals surface area contributed by atoms with Crippen molar-refractivity contribution in [2.24, 2.45) is 5.92 Å². The predicted octanol–water partition coefficient (Wildman–Crippen LogP) is 1.74. The van der Waals surface area contributed by atoms with Crippen LogP contribution in [0.3, 0.4) is 0 Å². The normalized spacial score (nSPS) is 18.4. The molecule has 0 spiro atoms. The van der Waals surface area contributed by atoms with Crippen molar-refractivity contribution < 1.29 is 18.7 Å². The van der Waals surface area contributed by atoms with Crippen LogP contribution in [-0.2, 0) is 9.53 Å². The third kappa shape index (κ3) is 3.15. The van der Waals surface area contributed by atoms with Gasteiger partial charge in [0.2, 0.25) is 0 Å². The molecule has 0 aromatic heterocycles. The quantitative estimate of drug-likeness (QED) is 0.666. The van der Waals surface area contributed by atoms with Crippen LogP contribution in [0.4, 0.5) is 10.1 Å². The first-order valence-electron chi connectivity index (χ1n) is 6.86. The molecule has 1 atom stereocenters. The van der Waals surface area contributed by atoms with Gasteiger partial charge >= 0.3 is 5.97 Å². The van der Waals surface area contributed by atoms with Gasteiger partial charge in [0.25, 0.3) is 5.91 Å². The number of hydrogen-bond acceptors (Lipinski definition) is 4. The van der Waals surface area contributed by atoms with E-state index in [4.69, 9.17) is 10.5 Å². The molecule has 0 radical (unpaired) electrons. The van der Waals surface area contributed by atoms with E-state index in [2.05, 4.69) is 0 Å². The number of esters is 1. The van der Waals surface area contributed by atoms with Gasteiger partial charge in [0.15, 0.2) is 0 Å². The number of piperidine rings is 1. The second-order valence-electron chi connectivity index (χ2n) is 5.31. The summed E-state index contributed by atoms with van der Waals surface area (Å²) in [7, 11) is 1.32. The number of aryl methyl sites for hydroxylation is 1. The van der Waals surface area contributed by atoms with Crippen molar-refractivity contribution in [2.45, 2.75) is 19.8 Å². The fourth-order valence-corrected chi connectivity index (χ4v) is 2.64. The van der Waals surface area contributed by atoms with Crippen LogP contribution in [0.1, 0.15) is 28.8 Å². The van der Waals surface area contributed by atoms with Crippen molar-refractivity contribution in [3.63, 3.8) is 0 Å². The molecule has 1 unspecified atom stereocenters. The van der Waals surface area contributed by atoms with Crippen molar-refractivity contribution in [1.82, 2.24) is 4.90 Å². The number of nitrogens with zero attached hydrogens (tertiary/aromatic N) is 1. The lowest BCUT2D eigenvalue weighted by Gasteiger charge is -2.31. The maximum Gasteiger partial charge on any atom is 0.310 e. The Morgan fingerprint density at radius 1 is 1.43 bits per heavy atom. The molecule has 2 rings (SSSR count). The van der Waals surface area contributed by atoms with Gasteiger partial charge in [0, 0.05) is 18.8 Å². The molecule has 1 aliphatic rings. The Morgan fingerprint density at radius 3 is 2.81 bits per heavy atom. The lowest BCUT2D eigenvalue weighted by Crippen LogP contribution is -2.43. The number of ether oxygens (including phenoxy) is 1. The van der Waals surface area contributed by atoms with Gasteiger partial charge in [0.1, 0.15) is 5.82 Å². The molecule has 114 valence electrons. The molecule has 1 aromatic rings. The fraction of sp³-hybridized carbons (Fsp3) is 0.467. The average Bonchev–Trinajstić information content (AvgIpc) is 2.49. The van der Waals surface area contributed by atoms with Gasteiger partial charge in [-0.15, -0.1) is 0 Å². The van der Waals surface area contributed by atoms with Gasteiger partial charge in [-0.2, -0.15) is 0 Å². The predicted molar refractivity (Wildman–Crippen MR) is 76.2 cm³/mol. The van der Waals surface area contributed by atoms with Crippen LogP contribution in [0.2, 0.25) is 0 Å². The highest BCUT2D eigenvalue weighted by Gasteiger charge is 2.30. The molecule has 21 heavy (non-hydrogen) atoms. The number of nitrogens with two attached hydrogens (primary N) is 1. The molecule has 0 bridgehead atoms. The minimum Gasteiger partial charge on any atom is -0.469 e. The summed E-state index contributed by atoms with van der Waals surface area (Å²) in [6.07, 6.45) is 1.36. The third-order valence-electron chi connectivity index (χ3n) is 3.75. The van der Waals surface area contributed by atoms with Crippen LogP contribution in [0.5, 0.6) is 0 Å². The molecular formula is C15H19FN2O3. The van der Waals surface area contributed by atoms with Crippen LogP contribution in [0, 0.1) is 18.7 Å². The molecule has 0 saturated carbocycles. The molecule has 1 amide bonds. The number of hydrogen-bond donors (Lipinski definition) is 1. The highest BCUT2D eigenvalue weighted by atomic mass is 19.1. The van der Waals surface area contributed by atoms with Gasteiger partial charge in [-0.25, -0.2) is 4.39 Å². The molecule has 0 aliphatic carbocycles. The highest BCUT2D eigenvalue weighted by molar-refractivity contribution is 5.96. The van der Waals surface area contributed by atoms with Crippen molar-refractivity contribution in [3.8, 4) is 0 Å². The van der Waals surface area contributed by atoms with Gasteiger partial charge in [-0.3, -0.25) is 9.59 Å². The molecule has 1 aromatic carbocycles. The zero-order chi connectivity index (χ0) is 15.6. The minimum absolute atomic E-state index is 0.0435. The minimum atomic E-state index is -0.561. The molecule has 6 heteroatoms. The average molecular weight is 294 g/mol. The van der Waals surface area contributed by atoms with Crippen LogP contribution >= 0.6 is 0 Å². The second-order valence-corrected chi connectivity index (χ2v) is 5.31. The van der Waals surface area contributed by atoms with E-state index < -0.39 is 11.7 Å². The van der Waals surface area contributed by atoms with E-state index in [0.717, 1.165) is 0 Å². The van der Waals surface area contributed by atoms with Gasteiger partial charge in [-0.1, -0.05) is 0 Å². The first kappa shape index (κ1) is 15.3. The monoisotopic (exact) mass is 294 g/mol. The molecule has 1 fully saturated rings. The summed E-state index contributed by atoms with van der Waals surface area (Å²) in [6.45, 7) is 2.31. The largest absolute Gasteiger partial charge is 0.469 e. The Morgan fingerprint density at radius 2 is 2.14 bits per heavy atom. The highest BCUT2D eigenvalue weighted by Crippen LogP contribution is 2.23. The van der Waals surface area contributed by atoms with Gasteiger partial charge in [0.05, 0.1) is 18.6 Å². The SMILES string of the molecule is COC(=O)C1CCCN(C(=O)c2cc(N)cc(C)c2F)C1. The number of carbonyl (C=O) groups is 2. The zero-order valence-corrected chi connectivity index (χ0v) is 12.2. The summed E-state index contributed by atoms with van der Waals surface area (Å²) in [6, 6.07) is 2.83. The van der Waals surface area contributed by atoms with Crippen molar-refractivity contribution in [3.05, 3.63) is 29.1 Å². The molecule has 1 aliphatic heterocycles. The summed E-state index contributed by atoms with van der Waals surface area (Å²) in [5.41, 5.74) is 6.32. The van der Waals surface area contributed by atoms with Gasteiger partial charge < -0.3 is 15.4 Å². The summed E-state index contributed by atoms with van der Waals surface area (Å²) in [5.74, 6) is -1.68. The van der Waals surface area contributed by atoms with E-state index in [1.807, 2.05) is 0 Å². The number of amides is 1. The Kier molecular flexibility index (Phi) is 4.45. The van der Waals surface area contributed by atoms with E-state index in [1.165, 1.54) is 24.1 Å². The van der Waals surface area contributed by atoms with Crippen LogP contribution < -0.4 is 5.73 Å². The Labute approximate surface area is 122 Å². The molecule has 1 heterocycles. The van der Waals surface area contributed by atoms with E-state index in [9.17, 15) is 14.0 Å². The van der Waals surface area contributed by atoms with E-state index >= 15 is 0 Å². The number of nitrogen functional groups attached to an aromatic ring is 1. The molecular weight excluding hydrogens is 275 g/mol. The maximum atomic E-state index is 14.1. The lowest BCUT2D eigenvalue weighted by atomic mass is 9.97. The Balaban J connectivity index is 2.22. The first-order chi connectivity index (χ1) is 9.93. The Hall–Kier alpha value is -2.11. The summed E-state index contributed by atoms with van der Waals surface area (Å²) < 4.78 is 18.8. The fourth-order valence-electron chi connectivity index (χ4n) is 2.64. The van der Waals surface area contributed by atoms with E-state index in [-0.39, 0.29) is 24.0 Å². The maximum absolute atomic E-state index is 14.1. The van der Waals surface area contributed by atoms with Crippen molar-refractivity contribution in [1.29, 1.82) is 0 Å². The molecule has 1 saturated heterocycles. The van der Waals surface area contributed by atoms with E-state index in [0.29, 0.717) is 30.6 Å². The number of likely N-dealkylation sites (tertiary alicyclic amines) is 1. The summed E-state index contributed by atoms with van der Waals surface area (Å²) in [4.78, 5) is 25.5. The smallest absolute Gasteiger partial charge is 0.310 e. The third-order valence-corrected chi connectivity index (χ3v) is 3.75. The van der Waals surface area contributed by atoms with Crippen LogP contribution in [0.25, 0.3) is 0 Å². The van der Waals surface area contributed by atoms with E-state index in [1.54, 1.807) is 6.92 Å².